The second-order valence-electron chi connectivity index (χ2n) is 3.81. The van der Waals surface area contributed by atoms with Crippen molar-refractivity contribution in [2.75, 3.05) is 6.61 Å². The van der Waals surface area contributed by atoms with Crippen molar-refractivity contribution in [3.8, 4) is 5.75 Å². The molecule has 0 spiro atoms. The van der Waals surface area contributed by atoms with Crippen molar-refractivity contribution >= 4 is 12.0 Å². The van der Waals surface area contributed by atoms with Crippen LogP contribution < -0.4 is 4.74 Å². The molecule has 0 amide bonds. The predicted octanol–water partition coefficient (Wildman–Crippen LogP) is 3.27. The van der Waals surface area contributed by atoms with Gasteiger partial charge in [0.15, 0.2) is 0 Å². The van der Waals surface area contributed by atoms with Crippen LogP contribution in [0.1, 0.15) is 30.9 Å². The van der Waals surface area contributed by atoms with Crippen molar-refractivity contribution in [3.63, 3.8) is 0 Å². The van der Waals surface area contributed by atoms with E-state index in [4.69, 9.17) is 9.84 Å². The van der Waals surface area contributed by atoms with Crippen molar-refractivity contribution < 1.29 is 14.6 Å². The van der Waals surface area contributed by atoms with E-state index >= 15 is 0 Å². The number of aryl methyl sites for hydroxylation is 1. The van der Waals surface area contributed by atoms with E-state index < -0.39 is 5.97 Å². The lowest BCUT2D eigenvalue weighted by Gasteiger charge is -2.07. The second kappa shape index (κ2) is 6.74. The standard InChI is InChI=1S/C14H18O3/c1-3-17-13-9-8-11(2)10-12(13)6-4-5-7-14(15)16/h4,6,8-10H,3,5,7H2,1-2H3,(H,15,16)/b6-4+. The summed E-state index contributed by atoms with van der Waals surface area (Å²) in [5, 5.41) is 8.54. The third-order valence-electron chi connectivity index (χ3n) is 2.29. The Bertz CT molecular complexity index is 408. The molecule has 0 aliphatic carbocycles. The van der Waals surface area contributed by atoms with E-state index in [9.17, 15) is 4.79 Å². The zero-order chi connectivity index (χ0) is 12.7. The van der Waals surface area contributed by atoms with Gasteiger partial charge in [0.2, 0.25) is 0 Å². The van der Waals surface area contributed by atoms with Gasteiger partial charge in [0, 0.05) is 12.0 Å². The highest BCUT2D eigenvalue weighted by molar-refractivity contribution is 5.67. The Morgan fingerprint density at radius 3 is 2.88 bits per heavy atom. The smallest absolute Gasteiger partial charge is 0.303 e. The Morgan fingerprint density at radius 2 is 2.24 bits per heavy atom. The Balaban J connectivity index is 2.73. The molecule has 17 heavy (non-hydrogen) atoms. The van der Waals surface area contributed by atoms with Gasteiger partial charge >= 0.3 is 5.97 Å². The molecule has 0 heterocycles. The number of carboxylic acid groups (broad SMARTS) is 1. The maximum Gasteiger partial charge on any atom is 0.303 e. The lowest BCUT2D eigenvalue weighted by atomic mass is 10.1. The molecule has 0 saturated carbocycles. The molecule has 1 rings (SSSR count). The summed E-state index contributed by atoms with van der Waals surface area (Å²) in [7, 11) is 0. The van der Waals surface area contributed by atoms with E-state index in [0.29, 0.717) is 13.0 Å². The summed E-state index contributed by atoms with van der Waals surface area (Å²) in [6, 6.07) is 5.97. The highest BCUT2D eigenvalue weighted by Crippen LogP contribution is 2.21. The van der Waals surface area contributed by atoms with Crippen LogP contribution in [0.4, 0.5) is 0 Å². The number of hydrogen-bond acceptors (Lipinski definition) is 2. The van der Waals surface area contributed by atoms with Gasteiger partial charge in [0.1, 0.15) is 5.75 Å². The fraction of sp³-hybridized carbons (Fsp3) is 0.357. The minimum Gasteiger partial charge on any atom is -0.493 e. The maximum atomic E-state index is 10.4. The Morgan fingerprint density at radius 1 is 1.47 bits per heavy atom. The van der Waals surface area contributed by atoms with Gasteiger partial charge in [-0.3, -0.25) is 4.79 Å². The maximum absolute atomic E-state index is 10.4. The topological polar surface area (TPSA) is 46.5 Å². The zero-order valence-electron chi connectivity index (χ0n) is 10.3. The molecule has 0 aliphatic heterocycles. The van der Waals surface area contributed by atoms with Crippen molar-refractivity contribution in [1.82, 2.24) is 0 Å². The summed E-state index contributed by atoms with van der Waals surface area (Å²) in [4.78, 5) is 10.4. The molecule has 0 saturated heterocycles. The monoisotopic (exact) mass is 234 g/mol. The van der Waals surface area contributed by atoms with Crippen molar-refractivity contribution in [3.05, 3.63) is 35.4 Å². The minimum absolute atomic E-state index is 0.159. The van der Waals surface area contributed by atoms with E-state index in [2.05, 4.69) is 0 Å². The van der Waals surface area contributed by atoms with Crippen LogP contribution in [0.15, 0.2) is 24.3 Å². The predicted molar refractivity (Wildman–Crippen MR) is 68.3 cm³/mol. The molecule has 0 aromatic heterocycles. The first-order chi connectivity index (χ1) is 8.13. The number of carbonyl (C=O) groups is 1. The van der Waals surface area contributed by atoms with Crippen LogP contribution in [-0.2, 0) is 4.79 Å². The quantitative estimate of drug-likeness (QED) is 0.821. The SMILES string of the molecule is CCOc1ccc(C)cc1/C=C/CCC(=O)O. The number of rotatable bonds is 6. The van der Waals surface area contributed by atoms with Crippen molar-refractivity contribution in [2.24, 2.45) is 0 Å². The summed E-state index contributed by atoms with van der Waals surface area (Å²) in [6.07, 6.45) is 4.48. The van der Waals surface area contributed by atoms with Crippen molar-refractivity contribution in [1.29, 1.82) is 0 Å². The average molecular weight is 234 g/mol. The minimum atomic E-state index is -0.774. The van der Waals surface area contributed by atoms with Crippen LogP contribution in [0.5, 0.6) is 5.75 Å². The summed E-state index contributed by atoms with van der Waals surface area (Å²) >= 11 is 0. The number of allylic oxidation sites excluding steroid dienone is 1. The molecule has 1 aromatic rings. The molecule has 0 fully saturated rings. The first-order valence-corrected chi connectivity index (χ1v) is 5.75. The Hall–Kier alpha value is -1.77. The number of aliphatic carboxylic acids is 1. The van der Waals surface area contributed by atoms with Gasteiger partial charge < -0.3 is 9.84 Å². The van der Waals surface area contributed by atoms with Crippen molar-refractivity contribution in [2.45, 2.75) is 26.7 Å². The van der Waals surface area contributed by atoms with E-state index in [1.807, 2.05) is 44.2 Å². The normalized spacial score (nSPS) is 10.7. The summed E-state index contributed by atoms with van der Waals surface area (Å²) < 4.78 is 5.50. The number of benzene rings is 1. The molecule has 3 nitrogen and oxygen atoms in total. The second-order valence-corrected chi connectivity index (χ2v) is 3.81. The molecule has 0 bridgehead atoms. The molecular weight excluding hydrogens is 216 g/mol. The summed E-state index contributed by atoms with van der Waals surface area (Å²) in [5.41, 5.74) is 2.16. The van der Waals surface area contributed by atoms with Gasteiger partial charge in [-0.05, 0) is 32.4 Å². The molecular formula is C14H18O3. The zero-order valence-corrected chi connectivity index (χ0v) is 10.3. The molecule has 0 unspecified atom stereocenters. The summed E-state index contributed by atoms with van der Waals surface area (Å²) in [6.45, 7) is 4.58. The Kier molecular flexibility index (Phi) is 5.27. The molecule has 0 radical (unpaired) electrons. The van der Waals surface area contributed by atoms with Crippen LogP contribution in [0.25, 0.3) is 6.08 Å². The first kappa shape index (κ1) is 13.3. The molecule has 0 aliphatic rings. The summed E-state index contributed by atoms with van der Waals surface area (Å²) in [5.74, 6) is 0.0635. The highest BCUT2D eigenvalue weighted by Gasteiger charge is 2.00. The molecule has 1 N–H and O–H groups in total. The largest absolute Gasteiger partial charge is 0.493 e. The van der Waals surface area contributed by atoms with Crippen LogP contribution in [0.3, 0.4) is 0 Å². The van der Waals surface area contributed by atoms with Gasteiger partial charge in [0.25, 0.3) is 0 Å². The molecule has 0 atom stereocenters. The van der Waals surface area contributed by atoms with Gasteiger partial charge in [0.05, 0.1) is 6.61 Å². The van der Waals surface area contributed by atoms with Crippen LogP contribution in [0.2, 0.25) is 0 Å². The Labute approximate surface area is 102 Å². The molecule has 92 valence electrons. The lowest BCUT2D eigenvalue weighted by molar-refractivity contribution is -0.136. The van der Waals surface area contributed by atoms with Crippen LogP contribution >= 0.6 is 0 Å². The van der Waals surface area contributed by atoms with Gasteiger partial charge in [-0.25, -0.2) is 0 Å². The average Bonchev–Trinajstić information content (AvgIpc) is 2.28. The van der Waals surface area contributed by atoms with Gasteiger partial charge in [-0.1, -0.05) is 23.8 Å². The highest BCUT2D eigenvalue weighted by atomic mass is 16.5. The van der Waals surface area contributed by atoms with Gasteiger partial charge in [-0.15, -0.1) is 0 Å². The van der Waals surface area contributed by atoms with Gasteiger partial charge in [-0.2, -0.15) is 0 Å². The van der Waals surface area contributed by atoms with Crippen LogP contribution in [0, 0.1) is 6.92 Å². The number of carboxylic acids is 1. The lowest BCUT2D eigenvalue weighted by Crippen LogP contribution is -1.94. The number of ether oxygens (including phenoxy) is 1. The fourth-order valence-corrected chi connectivity index (χ4v) is 1.50. The molecule has 3 heteroatoms. The molecule has 1 aromatic carbocycles. The number of hydrogen-bond donors (Lipinski definition) is 1. The fourth-order valence-electron chi connectivity index (χ4n) is 1.50. The van der Waals surface area contributed by atoms with Crippen LogP contribution in [-0.4, -0.2) is 17.7 Å². The van der Waals surface area contributed by atoms with E-state index in [1.54, 1.807) is 0 Å². The third kappa shape index (κ3) is 4.72. The first-order valence-electron chi connectivity index (χ1n) is 5.75. The van der Waals surface area contributed by atoms with E-state index in [0.717, 1.165) is 16.9 Å². The van der Waals surface area contributed by atoms with E-state index in [1.165, 1.54) is 0 Å². The third-order valence-corrected chi connectivity index (χ3v) is 2.29. The van der Waals surface area contributed by atoms with E-state index in [-0.39, 0.29) is 6.42 Å².